The molecule has 0 unspecified atom stereocenters. The Morgan fingerprint density at radius 1 is 1.18 bits per heavy atom. The number of aliphatic hydroxyl groups is 1. The maximum Gasteiger partial charge on any atom is 0.270 e. The monoisotopic (exact) mass is 453 g/mol. The van der Waals surface area contributed by atoms with Gasteiger partial charge in [0.2, 0.25) is 0 Å². The van der Waals surface area contributed by atoms with Gasteiger partial charge in [-0.2, -0.15) is 0 Å². The quantitative estimate of drug-likeness (QED) is 0.411. The zero-order valence-electron chi connectivity index (χ0n) is 17.9. The summed E-state index contributed by atoms with van der Waals surface area (Å²) < 4.78 is 16.4. The number of benzene rings is 2. The number of non-ortho nitro benzene ring substituents is 1. The number of rotatable bonds is 7. The van der Waals surface area contributed by atoms with Gasteiger partial charge in [-0.1, -0.05) is 0 Å². The predicted molar refractivity (Wildman–Crippen MR) is 121 cm³/mol. The van der Waals surface area contributed by atoms with Gasteiger partial charge >= 0.3 is 0 Å². The number of ether oxygens (including phenoxy) is 2. The van der Waals surface area contributed by atoms with Crippen molar-refractivity contribution in [2.75, 3.05) is 43.6 Å². The van der Waals surface area contributed by atoms with E-state index in [1.54, 1.807) is 36.4 Å². The minimum atomic E-state index is -0.526. The largest absolute Gasteiger partial charge is 0.496 e. The van der Waals surface area contributed by atoms with Crippen LogP contribution in [-0.4, -0.2) is 49.4 Å². The van der Waals surface area contributed by atoms with Crippen LogP contribution in [-0.2, 0) is 11.3 Å². The molecule has 3 aromatic rings. The van der Waals surface area contributed by atoms with E-state index in [4.69, 9.17) is 13.9 Å². The first-order valence-corrected chi connectivity index (χ1v) is 10.3. The summed E-state index contributed by atoms with van der Waals surface area (Å²) in [6.45, 7) is 1.98. The highest BCUT2D eigenvalue weighted by molar-refractivity contribution is 6.08. The minimum absolute atomic E-state index is 0.164. The van der Waals surface area contributed by atoms with E-state index in [2.05, 4.69) is 5.32 Å². The Kier molecular flexibility index (Phi) is 6.57. The average molecular weight is 453 g/mol. The van der Waals surface area contributed by atoms with Crippen molar-refractivity contribution in [2.45, 2.75) is 6.61 Å². The number of carbonyl (C=O) groups excluding carboxylic acids is 1. The molecule has 1 amide bonds. The van der Waals surface area contributed by atoms with Crippen LogP contribution in [0, 0.1) is 10.1 Å². The van der Waals surface area contributed by atoms with Crippen LogP contribution in [0.15, 0.2) is 52.9 Å². The maximum atomic E-state index is 13.2. The number of furan rings is 1. The molecule has 33 heavy (non-hydrogen) atoms. The highest BCUT2D eigenvalue weighted by Crippen LogP contribution is 2.34. The molecule has 10 nitrogen and oxygen atoms in total. The summed E-state index contributed by atoms with van der Waals surface area (Å²) in [5.74, 6) is 0.919. The van der Waals surface area contributed by atoms with E-state index in [1.807, 2.05) is 4.90 Å². The second-order valence-corrected chi connectivity index (χ2v) is 7.35. The highest BCUT2D eigenvalue weighted by Gasteiger charge is 2.22. The molecule has 10 heteroatoms. The van der Waals surface area contributed by atoms with Gasteiger partial charge in [0.15, 0.2) is 0 Å². The molecule has 4 rings (SSSR count). The van der Waals surface area contributed by atoms with Gasteiger partial charge in [0.25, 0.3) is 11.6 Å². The SMILES string of the molecule is COc1cc(NC(=O)c2cc([N+](=O)[O-])ccc2N2CCOCC2)ccc1-c1ccc(CO)o1. The van der Waals surface area contributed by atoms with Gasteiger partial charge in [-0.25, -0.2) is 0 Å². The van der Waals surface area contributed by atoms with Crippen molar-refractivity contribution < 1.29 is 28.7 Å². The van der Waals surface area contributed by atoms with Crippen LogP contribution < -0.4 is 15.0 Å². The number of nitrogens with zero attached hydrogens (tertiary/aromatic N) is 2. The third kappa shape index (κ3) is 4.81. The molecule has 0 spiro atoms. The van der Waals surface area contributed by atoms with Crippen molar-refractivity contribution in [3.05, 3.63) is 70.0 Å². The molecule has 1 aliphatic rings. The first kappa shape index (κ1) is 22.3. The molecule has 0 atom stereocenters. The van der Waals surface area contributed by atoms with Crippen LogP contribution in [0.3, 0.4) is 0 Å². The number of nitro benzene ring substituents is 1. The number of anilines is 2. The van der Waals surface area contributed by atoms with E-state index in [-0.39, 0.29) is 17.9 Å². The molecule has 172 valence electrons. The van der Waals surface area contributed by atoms with Crippen LogP contribution in [0.2, 0.25) is 0 Å². The summed E-state index contributed by atoms with van der Waals surface area (Å²) in [7, 11) is 1.50. The fourth-order valence-corrected chi connectivity index (χ4v) is 3.68. The molecule has 1 fully saturated rings. The molecule has 2 heterocycles. The summed E-state index contributed by atoms with van der Waals surface area (Å²) in [6.07, 6.45) is 0. The first-order chi connectivity index (χ1) is 16.0. The zero-order chi connectivity index (χ0) is 23.4. The van der Waals surface area contributed by atoms with Gasteiger partial charge in [-0.3, -0.25) is 14.9 Å². The number of aliphatic hydroxyl groups excluding tert-OH is 1. The van der Waals surface area contributed by atoms with Crippen molar-refractivity contribution >= 4 is 23.0 Å². The van der Waals surface area contributed by atoms with Gasteiger partial charge in [-0.15, -0.1) is 0 Å². The van der Waals surface area contributed by atoms with E-state index in [9.17, 15) is 20.0 Å². The maximum absolute atomic E-state index is 13.2. The lowest BCUT2D eigenvalue weighted by molar-refractivity contribution is -0.384. The second-order valence-electron chi connectivity index (χ2n) is 7.35. The number of methoxy groups -OCH3 is 1. The molecule has 1 aromatic heterocycles. The zero-order valence-corrected chi connectivity index (χ0v) is 17.9. The van der Waals surface area contributed by atoms with Crippen molar-refractivity contribution in [1.29, 1.82) is 0 Å². The Morgan fingerprint density at radius 3 is 2.64 bits per heavy atom. The Hall–Kier alpha value is -3.89. The minimum Gasteiger partial charge on any atom is -0.496 e. The van der Waals surface area contributed by atoms with Crippen molar-refractivity contribution in [3.63, 3.8) is 0 Å². The molecule has 2 aromatic carbocycles. The van der Waals surface area contributed by atoms with E-state index in [0.29, 0.717) is 60.5 Å². The van der Waals surface area contributed by atoms with Gasteiger partial charge in [0.1, 0.15) is 23.9 Å². The highest BCUT2D eigenvalue weighted by atomic mass is 16.6. The lowest BCUT2D eigenvalue weighted by atomic mass is 10.1. The van der Waals surface area contributed by atoms with Gasteiger partial charge < -0.3 is 29.2 Å². The first-order valence-electron chi connectivity index (χ1n) is 10.3. The second kappa shape index (κ2) is 9.72. The number of hydrogen-bond acceptors (Lipinski definition) is 8. The van der Waals surface area contributed by atoms with Crippen LogP contribution in [0.4, 0.5) is 17.1 Å². The number of carbonyl (C=O) groups is 1. The fourth-order valence-electron chi connectivity index (χ4n) is 3.68. The van der Waals surface area contributed by atoms with E-state index in [1.165, 1.54) is 19.2 Å². The molecule has 0 saturated carbocycles. The normalized spacial score (nSPS) is 13.6. The van der Waals surface area contributed by atoms with Gasteiger partial charge in [-0.05, 0) is 30.3 Å². The number of nitrogens with one attached hydrogen (secondary N) is 1. The van der Waals surface area contributed by atoms with Crippen LogP contribution in [0.25, 0.3) is 11.3 Å². The van der Waals surface area contributed by atoms with Crippen LogP contribution >= 0.6 is 0 Å². The van der Waals surface area contributed by atoms with Crippen molar-refractivity contribution in [3.8, 4) is 17.1 Å². The van der Waals surface area contributed by atoms with Crippen LogP contribution in [0.5, 0.6) is 5.75 Å². The van der Waals surface area contributed by atoms with Crippen molar-refractivity contribution in [2.24, 2.45) is 0 Å². The number of hydrogen-bond donors (Lipinski definition) is 2. The third-order valence-electron chi connectivity index (χ3n) is 5.33. The van der Waals surface area contributed by atoms with Crippen LogP contribution in [0.1, 0.15) is 16.1 Å². The topological polar surface area (TPSA) is 127 Å². The summed E-state index contributed by atoms with van der Waals surface area (Å²) in [6, 6.07) is 12.7. The lowest BCUT2D eigenvalue weighted by Crippen LogP contribution is -2.37. The molecule has 1 saturated heterocycles. The molecule has 0 aliphatic carbocycles. The summed E-state index contributed by atoms with van der Waals surface area (Å²) in [5.41, 5.74) is 1.75. The molecular weight excluding hydrogens is 430 g/mol. The standard InChI is InChI=1S/C23H23N3O7/c1-31-22-12-15(2-5-18(22)21-7-4-17(14-27)33-21)24-23(28)19-13-16(26(29)30)3-6-20(19)25-8-10-32-11-9-25/h2-7,12-13,27H,8-11,14H2,1H3,(H,24,28). The molecule has 1 aliphatic heterocycles. The van der Waals surface area contributed by atoms with E-state index in [0.717, 1.165) is 0 Å². The summed E-state index contributed by atoms with van der Waals surface area (Å²) in [4.78, 5) is 25.9. The summed E-state index contributed by atoms with van der Waals surface area (Å²) in [5, 5.41) is 23.3. The van der Waals surface area contributed by atoms with E-state index < -0.39 is 10.8 Å². The number of morpholine rings is 1. The van der Waals surface area contributed by atoms with E-state index >= 15 is 0 Å². The molecular formula is C23H23N3O7. The van der Waals surface area contributed by atoms with Gasteiger partial charge in [0, 0.05) is 37.0 Å². The smallest absolute Gasteiger partial charge is 0.270 e. The Morgan fingerprint density at radius 2 is 1.97 bits per heavy atom. The Labute approximate surface area is 189 Å². The predicted octanol–water partition coefficient (Wildman–Crippen LogP) is 3.44. The fraction of sp³-hybridized carbons (Fsp3) is 0.261. The Bertz CT molecular complexity index is 1170. The average Bonchev–Trinajstić information content (AvgIpc) is 3.33. The van der Waals surface area contributed by atoms with Crippen molar-refractivity contribution in [1.82, 2.24) is 0 Å². The molecule has 2 N–H and O–H groups in total. The third-order valence-corrected chi connectivity index (χ3v) is 5.33. The number of amides is 1. The number of nitro groups is 1. The lowest BCUT2D eigenvalue weighted by Gasteiger charge is -2.30. The van der Waals surface area contributed by atoms with Gasteiger partial charge in [0.05, 0.1) is 42.1 Å². The Balaban J connectivity index is 1.63. The summed E-state index contributed by atoms with van der Waals surface area (Å²) >= 11 is 0. The molecule has 0 radical (unpaired) electrons. The molecule has 0 bridgehead atoms.